The Hall–Kier alpha value is -1.35. The molecule has 90 valence electrons. The summed E-state index contributed by atoms with van der Waals surface area (Å²) in [6.45, 7) is 2.44. The molecular formula is C14H19N3. The van der Waals surface area contributed by atoms with Crippen molar-refractivity contribution in [3.8, 4) is 0 Å². The number of aromatic nitrogens is 2. The van der Waals surface area contributed by atoms with Crippen LogP contribution < -0.4 is 0 Å². The molecule has 0 saturated carbocycles. The number of aryl methyl sites for hydroxylation is 1. The third-order valence-corrected chi connectivity index (χ3v) is 3.96. The van der Waals surface area contributed by atoms with Gasteiger partial charge in [0.1, 0.15) is 0 Å². The van der Waals surface area contributed by atoms with Gasteiger partial charge in [-0.1, -0.05) is 6.07 Å². The predicted molar refractivity (Wildman–Crippen MR) is 70.2 cm³/mol. The molecule has 3 heteroatoms. The summed E-state index contributed by atoms with van der Waals surface area (Å²) >= 11 is 0. The van der Waals surface area contributed by atoms with Crippen LogP contribution >= 0.6 is 0 Å². The minimum atomic E-state index is 0.732. The van der Waals surface area contributed by atoms with Crippen molar-refractivity contribution in [1.82, 2.24) is 14.7 Å². The topological polar surface area (TPSA) is 21.1 Å². The molecule has 0 atom stereocenters. The van der Waals surface area contributed by atoms with Crippen molar-refractivity contribution in [2.75, 3.05) is 20.1 Å². The van der Waals surface area contributed by atoms with E-state index < -0.39 is 0 Å². The monoisotopic (exact) mass is 229 g/mol. The molecule has 0 N–H and O–H groups in total. The summed E-state index contributed by atoms with van der Waals surface area (Å²) in [4.78, 5) is 2.42. The third kappa shape index (κ3) is 1.95. The maximum atomic E-state index is 4.30. The summed E-state index contributed by atoms with van der Waals surface area (Å²) in [6.07, 6.45) is 4.53. The Labute approximate surface area is 102 Å². The van der Waals surface area contributed by atoms with E-state index in [4.69, 9.17) is 0 Å². The van der Waals surface area contributed by atoms with Gasteiger partial charge in [0.05, 0.1) is 11.7 Å². The van der Waals surface area contributed by atoms with Gasteiger partial charge >= 0.3 is 0 Å². The lowest BCUT2D eigenvalue weighted by Gasteiger charge is -2.29. The molecule has 0 spiro atoms. The molecule has 3 rings (SSSR count). The molecule has 17 heavy (non-hydrogen) atoms. The van der Waals surface area contributed by atoms with Crippen LogP contribution in [0, 0.1) is 0 Å². The maximum Gasteiger partial charge on any atom is 0.0679 e. The Bertz CT molecular complexity index is 521. The van der Waals surface area contributed by atoms with Gasteiger partial charge in [-0.05, 0) is 56.6 Å². The minimum Gasteiger partial charge on any atom is -0.306 e. The largest absolute Gasteiger partial charge is 0.306 e. The Kier molecular flexibility index (Phi) is 2.63. The number of rotatable bonds is 1. The van der Waals surface area contributed by atoms with Crippen molar-refractivity contribution in [2.24, 2.45) is 7.05 Å². The lowest BCUT2D eigenvalue weighted by molar-refractivity contribution is 0.255. The Morgan fingerprint density at radius 2 is 1.94 bits per heavy atom. The fraction of sp³-hybridized carbons (Fsp3) is 0.500. The molecule has 0 amide bonds. The fourth-order valence-electron chi connectivity index (χ4n) is 2.78. The molecule has 0 bridgehead atoms. The molecule has 1 aromatic heterocycles. The highest BCUT2D eigenvalue weighted by Crippen LogP contribution is 2.29. The van der Waals surface area contributed by atoms with Gasteiger partial charge in [0.25, 0.3) is 0 Å². The average Bonchev–Trinajstić information content (AvgIpc) is 2.72. The van der Waals surface area contributed by atoms with Crippen molar-refractivity contribution in [3.05, 3.63) is 30.0 Å². The molecule has 2 aromatic rings. The third-order valence-electron chi connectivity index (χ3n) is 3.96. The van der Waals surface area contributed by atoms with Crippen molar-refractivity contribution < 1.29 is 0 Å². The minimum absolute atomic E-state index is 0.732. The number of likely N-dealkylation sites (tertiary alicyclic amines) is 1. The quantitative estimate of drug-likeness (QED) is 0.748. The van der Waals surface area contributed by atoms with Crippen LogP contribution in [0.1, 0.15) is 24.3 Å². The van der Waals surface area contributed by atoms with Gasteiger partial charge in [-0.25, -0.2) is 0 Å². The Morgan fingerprint density at radius 3 is 2.71 bits per heavy atom. The zero-order valence-corrected chi connectivity index (χ0v) is 10.6. The van der Waals surface area contributed by atoms with E-state index in [1.165, 1.54) is 42.4 Å². The molecule has 3 nitrogen and oxygen atoms in total. The van der Waals surface area contributed by atoms with E-state index in [1.807, 2.05) is 17.9 Å². The first-order chi connectivity index (χ1) is 8.24. The van der Waals surface area contributed by atoms with E-state index in [9.17, 15) is 0 Å². The summed E-state index contributed by atoms with van der Waals surface area (Å²) in [5.41, 5.74) is 2.71. The summed E-state index contributed by atoms with van der Waals surface area (Å²) in [5, 5.41) is 5.57. The van der Waals surface area contributed by atoms with Crippen LogP contribution in [0.5, 0.6) is 0 Å². The first-order valence-corrected chi connectivity index (χ1v) is 6.34. The van der Waals surface area contributed by atoms with E-state index in [-0.39, 0.29) is 0 Å². The van der Waals surface area contributed by atoms with Crippen LogP contribution in [0.15, 0.2) is 24.4 Å². The first-order valence-electron chi connectivity index (χ1n) is 6.34. The molecule has 2 heterocycles. The van der Waals surface area contributed by atoms with Crippen LogP contribution in [0.25, 0.3) is 10.9 Å². The van der Waals surface area contributed by atoms with Crippen LogP contribution in [0.3, 0.4) is 0 Å². The van der Waals surface area contributed by atoms with Crippen LogP contribution in [0.4, 0.5) is 0 Å². The van der Waals surface area contributed by atoms with Gasteiger partial charge in [-0.2, -0.15) is 5.10 Å². The van der Waals surface area contributed by atoms with Crippen molar-refractivity contribution in [2.45, 2.75) is 18.8 Å². The zero-order chi connectivity index (χ0) is 11.8. The van der Waals surface area contributed by atoms with Gasteiger partial charge in [-0.15, -0.1) is 0 Å². The van der Waals surface area contributed by atoms with Gasteiger partial charge < -0.3 is 4.90 Å². The van der Waals surface area contributed by atoms with E-state index in [2.05, 4.69) is 35.2 Å². The highest BCUT2D eigenvalue weighted by Gasteiger charge is 2.18. The fourth-order valence-corrected chi connectivity index (χ4v) is 2.78. The second-order valence-electron chi connectivity index (χ2n) is 5.16. The summed E-state index contributed by atoms with van der Waals surface area (Å²) in [6, 6.07) is 6.80. The lowest BCUT2D eigenvalue weighted by atomic mass is 9.89. The van der Waals surface area contributed by atoms with E-state index in [1.54, 1.807) is 0 Å². The van der Waals surface area contributed by atoms with Crippen molar-refractivity contribution >= 4 is 10.9 Å². The van der Waals surface area contributed by atoms with Crippen molar-refractivity contribution in [1.29, 1.82) is 0 Å². The lowest BCUT2D eigenvalue weighted by Crippen LogP contribution is -2.29. The number of nitrogens with zero attached hydrogens (tertiary/aromatic N) is 3. The molecular weight excluding hydrogens is 210 g/mol. The highest BCUT2D eigenvalue weighted by atomic mass is 15.2. The summed E-state index contributed by atoms with van der Waals surface area (Å²) in [5.74, 6) is 0.732. The summed E-state index contributed by atoms with van der Waals surface area (Å²) < 4.78 is 1.94. The van der Waals surface area contributed by atoms with Crippen LogP contribution in [-0.2, 0) is 7.05 Å². The Morgan fingerprint density at radius 1 is 1.18 bits per heavy atom. The van der Waals surface area contributed by atoms with Gasteiger partial charge in [-0.3, -0.25) is 4.68 Å². The number of hydrogen-bond acceptors (Lipinski definition) is 2. The number of hydrogen-bond donors (Lipinski definition) is 0. The Balaban J connectivity index is 1.90. The molecule has 1 saturated heterocycles. The predicted octanol–water partition coefficient (Wildman–Crippen LogP) is 2.38. The molecule has 0 aliphatic carbocycles. The molecule has 0 radical (unpaired) electrons. The average molecular weight is 229 g/mol. The number of piperidine rings is 1. The smallest absolute Gasteiger partial charge is 0.0679 e. The van der Waals surface area contributed by atoms with E-state index >= 15 is 0 Å². The molecule has 1 aliphatic rings. The van der Waals surface area contributed by atoms with Gasteiger partial charge in [0.2, 0.25) is 0 Å². The second-order valence-corrected chi connectivity index (χ2v) is 5.16. The number of fused-ring (bicyclic) bond motifs is 1. The normalized spacial score (nSPS) is 18.9. The van der Waals surface area contributed by atoms with Gasteiger partial charge in [0, 0.05) is 12.4 Å². The summed E-state index contributed by atoms with van der Waals surface area (Å²) in [7, 11) is 4.21. The molecule has 0 unspecified atom stereocenters. The standard InChI is InChI=1S/C14H19N3/c1-16-7-5-11(6-8-16)12-3-4-14-13(9-12)10-15-17(14)2/h3-4,9-11H,5-8H2,1-2H3. The maximum absolute atomic E-state index is 4.30. The second kappa shape index (κ2) is 4.15. The molecule has 1 aromatic carbocycles. The first kappa shape index (κ1) is 10.8. The zero-order valence-electron chi connectivity index (χ0n) is 10.6. The van der Waals surface area contributed by atoms with Gasteiger partial charge in [0.15, 0.2) is 0 Å². The van der Waals surface area contributed by atoms with Crippen molar-refractivity contribution in [3.63, 3.8) is 0 Å². The van der Waals surface area contributed by atoms with Crippen LogP contribution in [-0.4, -0.2) is 34.8 Å². The highest BCUT2D eigenvalue weighted by molar-refractivity contribution is 5.79. The van der Waals surface area contributed by atoms with E-state index in [0.29, 0.717) is 0 Å². The van der Waals surface area contributed by atoms with Crippen LogP contribution in [0.2, 0.25) is 0 Å². The molecule has 1 fully saturated rings. The number of benzene rings is 1. The SMILES string of the molecule is CN1CCC(c2ccc3c(cnn3C)c2)CC1. The molecule has 1 aliphatic heterocycles. The van der Waals surface area contributed by atoms with E-state index in [0.717, 1.165) is 5.92 Å².